The van der Waals surface area contributed by atoms with E-state index in [2.05, 4.69) is 6.92 Å². The molecule has 3 heteroatoms. The minimum absolute atomic E-state index is 0.113. The average Bonchev–Trinajstić information content (AvgIpc) is 2.40. The number of carbonyl (C=O) groups excluding carboxylic acids is 1. The van der Waals surface area contributed by atoms with Gasteiger partial charge in [0.15, 0.2) is 5.12 Å². The maximum atomic E-state index is 12.1. The summed E-state index contributed by atoms with van der Waals surface area (Å²) in [5.74, 6) is 0.487. The van der Waals surface area contributed by atoms with E-state index in [1.54, 1.807) is 0 Å². The van der Waals surface area contributed by atoms with E-state index < -0.39 is 6.10 Å². The van der Waals surface area contributed by atoms with Gasteiger partial charge in [-0.25, -0.2) is 0 Å². The number of hydrogen-bond donors (Lipinski definition) is 1. The number of thioether (sulfide) groups is 1. The molecule has 0 amide bonds. The van der Waals surface area contributed by atoms with E-state index >= 15 is 0 Å². The summed E-state index contributed by atoms with van der Waals surface area (Å²) in [5, 5.41) is 10.5. The van der Waals surface area contributed by atoms with Crippen molar-refractivity contribution in [2.75, 3.05) is 5.75 Å². The summed E-state index contributed by atoms with van der Waals surface area (Å²) in [6.45, 7) is 4.07. The first-order valence-corrected chi connectivity index (χ1v) is 7.58. The molecule has 0 heterocycles. The average molecular weight is 266 g/mol. The quantitative estimate of drug-likeness (QED) is 0.815. The van der Waals surface area contributed by atoms with Gasteiger partial charge in [0, 0.05) is 0 Å². The summed E-state index contributed by atoms with van der Waals surface area (Å²) in [5.41, 5.74) is 0.837. The van der Waals surface area contributed by atoms with Crippen molar-refractivity contribution >= 4 is 16.9 Å². The highest BCUT2D eigenvalue weighted by Crippen LogP contribution is 2.30. The zero-order valence-corrected chi connectivity index (χ0v) is 12.0. The number of benzene rings is 1. The second-order valence-electron chi connectivity index (χ2n) is 4.36. The molecule has 2 atom stereocenters. The summed E-state index contributed by atoms with van der Waals surface area (Å²) in [6.07, 6.45) is 2.11. The van der Waals surface area contributed by atoms with Crippen LogP contribution in [0.1, 0.15) is 44.8 Å². The van der Waals surface area contributed by atoms with Crippen molar-refractivity contribution in [1.29, 1.82) is 0 Å². The number of rotatable bonds is 7. The lowest BCUT2D eigenvalue weighted by Crippen LogP contribution is -2.20. The number of aliphatic hydroxyl groups excluding tert-OH is 1. The van der Waals surface area contributed by atoms with Crippen molar-refractivity contribution in [1.82, 2.24) is 0 Å². The SMILES string of the molecule is CCCC[C@H](C(=O)SCC)[C@H](O)c1ccccc1. The van der Waals surface area contributed by atoms with Gasteiger partial charge in [-0.05, 0) is 17.7 Å². The van der Waals surface area contributed by atoms with E-state index in [1.807, 2.05) is 37.3 Å². The van der Waals surface area contributed by atoms with Crippen molar-refractivity contribution < 1.29 is 9.90 Å². The van der Waals surface area contributed by atoms with E-state index in [0.717, 1.165) is 30.6 Å². The third-order valence-electron chi connectivity index (χ3n) is 2.98. The van der Waals surface area contributed by atoms with Crippen molar-refractivity contribution in [3.8, 4) is 0 Å². The Labute approximate surface area is 114 Å². The van der Waals surface area contributed by atoms with Crippen molar-refractivity contribution in [3.05, 3.63) is 35.9 Å². The molecule has 18 heavy (non-hydrogen) atoms. The number of hydrogen-bond acceptors (Lipinski definition) is 3. The van der Waals surface area contributed by atoms with Crippen molar-refractivity contribution in [2.45, 2.75) is 39.2 Å². The van der Waals surface area contributed by atoms with Gasteiger partial charge in [0.2, 0.25) is 0 Å². The molecule has 0 saturated carbocycles. The highest BCUT2D eigenvalue weighted by Gasteiger charge is 2.27. The molecule has 0 aromatic heterocycles. The molecule has 0 aliphatic carbocycles. The molecule has 0 unspecified atom stereocenters. The number of carbonyl (C=O) groups is 1. The molecule has 2 nitrogen and oxygen atoms in total. The van der Waals surface area contributed by atoms with Gasteiger partial charge in [-0.2, -0.15) is 0 Å². The molecule has 1 N–H and O–H groups in total. The fourth-order valence-corrected chi connectivity index (χ4v) is 2.71. The Balaban J connectivity index is 2.78. The maximum absolute atomic E-state index is 12.1. The Morgan fingerprint density at radius 2 is 1.94 bits per heavy atom. The largest absolute Gasteiger partial charge is 0.388 e. The zero-order valence-electron chi connectivity index (χ0n) is 11.1. The summed E-state index contributed by atoms with van der Waals surface area (Å²) < 4.78 is 0. The predicted octanol–water partition coefficient (Wildman–Crippen LogP) is 3.81. The van der Waals surface area contributed by atoms with Crippen molar-refractivity contribution in [2.24, 2.45) is 5.92 Å². The first kappa shape index (κ1) is 15.3. The van der Waals surface area contributed by atoms with Crippen LogP contribution in [-0.4, -0.2) is 16.0 Å². The molecule has 0 aliphatic heterocycles. The summed E-state index contributed by atoms with van der Waals surface area (Å²) >= 11 is 1.31. The number of aliphatic hydroxyl groups is 1. The summed E-state index contributed by atoms with van der Waals surface area (Å²) in [4.78, 5) is 12.1. The third-order valence-corrected chi connectivity index (χ3v) is 3.86. The second-order valence-corrected chi connectivity index (χ2v) is 5.62. The molecule has 1 rings (SSSR count). The Morgan fingerprint density at radius 3 is 2.50 bits per heavy atom. The second kappa shape index (κ2) is 8.33. The fourth-order valence-electron chi connectivity index (χ4n) is 1.96. The van der Waals surface area contributed by atoms with E-state index in [4.69, 9.17) is 0 Å². The molecule has 0 radical (unpaired) electrons. The molecule has 0 bridgehead atoms. The molecule has 0 spiro atoms. The molecule has 1 aromatic carbocycles. The van der Waals surface area contributed by atoms with Crippen LogP contribution >= 0.6 is 11.8 Å². The predicted molar refractivity (Wildman–Crippen MR) is 77.6 cm³/mol. The van der Waals surface area contributed by atoms with Gasteiger partial charge >= 0.3 is 0 Å². The van der Waals surface area contributed by atoms with Gasteiger partial charge < -0.3 is 5.11 Å². The van der Waals surface area contributed by atoms with Gasteiger partial charge in [0.25, 0.3) is 0 Å². The van der Waals surface area contributed by atoms with Crippen LogP contribution in [0.15, 0.2) is 30.3 Å². The van der Waals surface area contributed by atoms with Crippen LogP contribution in [-0.2, 0) is 4.79 Å². The van der Waals surface area contributed by atoms with Crippen LogP contribution in [0.4, 0.5) is 0 Å². The van der Waals surface area contributed by atoms with Crippen molar-refractivity contribution in [3.63, 3.8) is 0 Å². The molecular formula is C15H22O2S. The highest BCUT2D eigenvalue weighted by molar-refractivity contribution is 8.13. The zero-order chi connectivity index (χ0) is 13.4. The van der Waals surface area contributed by atoms with Gasteiger partial charge in [0.05, 0.1) is 12.0 Å². The molecule has 0 fully saturated rings. The van der Waals surface area contributed by atoms with Crippen LogP contribution in [0.25, 0.3) is 0 Å². The topological polar surface area (TPSA) is 37.3 Å². The Bertz CT molecular complexity index is 351. The first-order chi connectivity index (χ1) is 8.70. The van der Waals surface area contributed by atoms with Crippen LogP contribution in [0.5, 0.6) is 0 Å². The third kappa shape index (κ3) is 4.46. The first-order valence-electron chi connectivity index (χ1n) is 6.60. The minimum Gasteiger partial charge on any atom is -0.388 e. The normalized spacial score (nSPS) is 14.2. The Kier molecular flexibility index (Phi) is 7.06. The molecule has 100 valence electrons. The van der Waals surface area contributed by atoms with Gasteiger partial charge in [-0.3, -0.25) is 4.79 Å². The van der Waals surface area contributed by atoms with Crippen LogP contribution in [0.2, 0.25) is 0 Å². The van der Waals surface area contributed by atoms with Crippen LogP contribution < -0.4 is 0 Å². The molecule has 0 saturated heterocycles. The molecule has 0 aliphatic rings. The van der Waals surface area contributed by atoms with Gasteiger partial charge in [0.1, 0.15) is 0 Å². The molecular weight excluding hydrogens is 244 g/mol. The van der Waals surface area contributed by atoms with E-state index in [9.17, 15) is 9.90 Å². The fraction of sp³-hybridized carbons (Fsp3) is 0.533. The lowest BCUT2D eigenvalue weighted by atomic mass is 9.92. The maximum Gasteiger partial charge on any atom is 0.194 e. The van der Waals surface area contributed by atoms with E-state index in [-0.39, 0.29) is 11.0 Å². The lowest BCUT2D eigenvalue weighted by Gasteiger charge is -2.21. The van der Waals surface area contributed by atoms with Crippen LogP contribution in [0, 0.1) is 5.92 Å². The van der Waals surface area contributed by atoms with E-state index in [0.29, 0.717) is 0 Å². The smallest absolute Gasteiger partial charge is 0.194 e. The monoisotopic (exact) mass is 266 g/mol. The lowest BCUT2D eigenvalue weighted by molar-refractivity contribution is -0.118. The Morgan fingerprint density at radius 1 is 1.28 bits per heavy atom. The Hall–Kier alpha value is -0.800. The summed E-state index contributed by atoms with van der Waals surface area (Å²) in [6, 6.07) is 9.47. The minimum atomic E-state index is -0.677. The number of unbranched alkanes of at least 4 members (excludes halogenated alkanes) is 1. The molecule has 1 aromatic rings. The standard InChI is InChI=1S/C15H22O2S/c1-3-5-11-13(15(17)18-4-2)14(16)12-9-7-6-8-10-12/h6-10,13-14,16H,3-5,11H2,1-2H3/t13-,14+/m0/s1. The van der Waals surface area contributed by atoms with Gasteiger partial charge in [-0.15, -0.1) is 0 Å². The van der Waals surface area contributed by atoms with Crippen LogP contribution in [0.3, 0.4) is 0 Å². The summed E-state index contributed by atoms with van der Waals surface area (Å²) in [7, 11) is 0. The highest BCUT2D eigenvalue weighted by atomic mass is 32.2. The van der Waals surface area contributed by atoms with E-state index in [1.165, 1.54) is 11.8 Å². The van der Waals surface area contributed by atoms with Gasteiger partial charge in [-0.1, -0.05) is 68.8 Å².